The average Bonchev–Trinajstić information content (AvgIpc) is 3.01. The molecule has 1 fully saturated rings. The lowest BCUT2D eigenvalue weighted by Crippen LogP contribution is -2.48. The number of aliphatic carboxylic acids is 1. The van der Waals surface area contributed by atoms with Gasteiger partial charge in [-0.3, -0.25) is 9.59 Å². The quantitative estimate of drug-likeness (QED) is 0.668. The van der Waals surface area contributed by atoms with Crippen molar-refractivity contribution in [3.63, 3.8) is 0 Å². The minimum Gasteiger partial charge on any atom is -0.480 e. The van der Waals surface area contributed by atoms with Crippen LogP contribution in [0.1, 0.15) is 18.0 Å². The van der Waals surface area contributed by atoms with E-state index < -0.39 is 12.0 Å². The van der Waals surface area contributed by atoms with E-state index in [1.54, 1.807) is 12.1 Å². The summed E-state index contributed by atoms with van der Waals surface area (Å²) in [6.07, 6.45) is 0.452. The minimum absolute atomic E-state index is 0.140. The van der Waals surface area contributed by atoms with Gasteiger partial charge >= 0.3 is 5.97 Å². The van der Waals surface area contributed by atoms with Crippen molar-refractivity contribution in [1.29, 1.82) is 0 Å². The van der Waals surface area contributed by atoms with Gasteiger partial charge in [-0.15, -0.1) is 0 Å². The molecule has 3 N–H and O–H groups in total. The molecule has 0 saturated carbocycles. The first kappa shape index (κ1) is 17.3. The Kier molecular flexibility index (Phi) is 6.03. The normalized spacial score (nSPS) is 20.4. The Balaban J connectivity index is 1.99. The Morgan fingerprint density at radius 2 is 2.04 bits per heavy atom. The molecule has 0 aliphatic carbocycles. The first-order valence-electron chi connectivity index (χ1n) is 7.27. The Morgan fingerprint density at radius 3 is 2.65 bits per heavy atom. The molecule has 0 spiro atoms. The molecular weight excluding hydrogens is 305 g/mol. The van der Waals surface area contributed by atoms with E-state index in [4.69, 9.17) is 9.84 Å². The number of ether oxygens (including phenoxy) is 1. The predicted octanol–water partition coefficient (Wildman–Crippen LogP) is 0.293. The molecule has 1 aromatic rings. The van der Waals surface area contributed by atoms with E-state index in [9.17, 15) is 14.0 Å². The van der Waals surface area contributed by atoms with Crippen molar-refractivity contribution in [3.8, 4) is 0 Å². The third-order valence-corrected chi connectivity index (χ3v) is 3.68. The molecule has 1 saturated heterocycles. The molecule has 2 unspecified atom stereocenters. The fourth-order valence-electron chi connectivity index (χ4n) is 2.48. The van der Waals surface area contributed by atoms with Gasteiger partial charge in [0.15, 0.2) is 0 Å². The van der Waals surface area contributed by atoms with Gasteiger partial charge in [-0.05, 0) is 24.1 Å². The van der Waals surface area contributed by atoms with Crippen LogP contribution < -0.4 is 10.9 Å². The van der Waals surface area contributed by atoms with Crippen molar-refractivity contribution in [3.05, 3.63) is 35.6 Å². The highest BCUT2D eigenvalue weighted by Gasteiger charge is 2.33. The van der Waals surface area contributed by atoms with Gasteiger partial charge < -0.3 is 14.7 Å². The van der Waals surface area contributed by atoms with E-state index in [2.05, 4.69) is 10.9 Å². The van der Waals surface area contributed by atoms with Gasteiger partial charge in [0.25, 0.3) is 0 Å². The molecule has 126 valence electrons. The highest BCUT2D eigenvalue weighted by atomic mass is 19.1. The smallest absolute Gasteiger partial charge is 0.323 e. The van der Waals surface area contributed by atoms with Crippen molar-refractivity contribution in [2.75, 3.05) is 26.8 Å². The average molecular weight is 325 g/mol. The monoisotopic (exact) mass is 325 g/mol. The topological polar surface area (TPSA) is 90.9 Å². The summed E-state index contributed by atoms with van der Waals surface area (Å²) >= 11 is 0. The summed E-state index contributed by atoms with van der Waals surface area (Å²) in [7, 11) is 1.49. The molecule has 1 aromatic carbocycles. The maximum Gasteiger partial charge on any atom is 0.323 e. The van der Waals surface area contributed by atoms with Crippen molar-refractivity contribution in [1.82, 2.24) is 15.8 Å². The molecule has 1 aliphatic heterocycles. The molecule has 0 bridgehead atoms. The molecule has 7 nitrogen and oxygen atoms in total. The van der Waals surface area contributed by atoms with Gasteiger partial charge in [-0.1, -0.05) is 12.1 Å². The highest BCUT2D eigenvalue weighted by Crippen LogP contribution is 2.23. The third kappa shape index (κ3) is 4.72. The molecule has 23 heavy (non-hydrogen) atoms. The fourth-order valence-corrected chi connectivity index (χ4v) is 2.48. The molecule has 1 aliphatic rings. The zero-order valence-corrected chi connectivity index (χ0v) is 12.8. The number of halogens is 1. The Morgan fingerprint density at radius 1 is 1.35 bits per heavy atom. The Labute approximate surface area is 133 Å². The first-order valence-corrected chi connectivity index (χ1v) is 7.27. The van der Waals surface area contributed by atoms with Crippen LogP contribution in [0.4, 0.5) is 4.39 Å². The van der Waals surface area contributed by atoms with E-state index in [0.717, 1.165) is 5.56 Å². The number of nitrogens with zero attached hydrogens (tertiary/aromatic N) is 1. The molecule has 8 heteroatoms. The Hall–Kier alpha value is -2.03. The van der Waals surface area contributed by atoms with E-state index in [1.807, 2.05) is 0 Å². The number of benzene rings is 1. The SMILES string of the molecule is COCCN(CC(=O)O)C(=O)C1CC(c2ccc(F)cc2)NN1. The summed E-state index contributed by atoms with van der Waals surface area (Å²) in [5.74, 6) is -1.70. The predicted molar refractivity (Wildman–Crippen MR) is 79.9 cm³/mol. The zero-order valence-electron chi connectivity index (χ0n) is 12.8. The molecule has 0 radical (unpaired) electrons. The standard InChI is InChI=1S/C15H20FN3O4/c1-23-7-6-19(9-14(20)21)15(22)13-8-12(17-18-13)10-2-4-11(16)5-3-10/h2-5,12-13,17-18H,6-9H2,1H3,(H,20,21). The van der Waals surface area contributed by atoms with E-state index >= 15 is 0 Å². The molecule has 1 amide bonds. The number of carboxylic acid groups (broad SMARTS) is 1. The van der Waals surface area contributed by atoms with Gasteiger partial charge in [0.05, 0.1) is 6.61 Å². The number of rotatable bonds is 7. The van der Waals surface area contributed by atoms with Crippen LogP contribution in [0.25, 0.3) is 0 Å². The molecule has 0 aromatic heterocycles. The van der Waals surface area contributed by atoms with Gasteiger partial charge in [0.1, 0.15) is 18.4 Å². The van der Waals surface area contributed by atoms with Crippen LogP contribution in [-0.4, -0.2) is 54.7 Å². The van der Waals surface area contributed by atoms with Crippen LogP contribution in [0.3, 0.4) is 0 Å². The van der Waals surface area contributed by atoms with Crippen LogP contribution >= 0.6 is 0 Å². The lowest BCUT2D eigenvalue weighted by Gasteiger charge is -2.23. The maximum absolute atomic E-state index is 13.0. The number of hydrogen-bond acceptors (Lipinski definition) is 5. The van der Waals surface area contributed by atoms with Crippen LogP contribution in [0, 0.1) is 5.82 Å². The zero-order chi connectivity index (χ0) is 16.8. The van der Waals surface area contributed by atoms with Crippen LogP contribution in [-0.2, 0) is 14.3 Å². The van der Waals surface area contributed by atoms with E-state index in [1.165, 1.54) is 24.1 Å². The summed E-state index contributed by atoms with van der Waals surface area (Å²) in [6, 6.07) is 5.35. The second kappa shape index (κ2) is 8.00. The molecule has 1 heterocycles. The van der Waals surface area contributed by atoms with Gasteiger partial charge in [-0.2, -0.15) is 0 Å². The lowest BCUT2D eigenvalue weighted by atomic mass is 10.0. The largest absolute Gasteiger partial charge is 0.480 e. The summed E-state index contributed by atoms with van der Waals surface area (Å²) in [5.41, 5.74) is 6.73. The molecule has 2 atom stereocenters. The van der Waals surface area contributed by atoms with Crippen molar-refractivity contribution in [2.45, 2.75) is 18.5 Å². The lowest BCUT2D eigenvalue weighted by molar-refractivity contribution is -0.145. The number of hydrazine groups is 1. The summed E-state index contributed by atoms with van der Waals surface area (Å²) in [5, 5.41) is 8.92. The summed E-state index contributed by atoms with van der Waals surface area (Å²) in [6.45, 7) is 0.100. The van der Waals surface area contributed by atoms with Gasteiger partial charge in [0, 0.05) is 19.7 Å². The fraction of sp³-hybridized carbons (Fsp3) is 0.467. The second-order valence-corrected chi connectivity index (χ2v) is 5.33. The number of carbonyl (C=O) groups is 2. The number of methoxy groups -OCH3 is 1. The number of amides is 1. The van der Waals surface area contributed by atoms with Crippen LogP contribution in [0.15, 0.2) is 24.3 Å². The number of hydrogen-bond donors (Lipinski definition) is 3. The number of carbonyl (C=O) groups excluding carboxylic acids is 1. The number of carboxylic acids is 1. The Bertz CT molecular complexity index is 552. The van der Waals surface area contributed by atoms with E-state index in [0.29, 0.717) is 6.42 Å². The molecule has 2 rings (SSSR count). The highest BCUT2D eigenvalue weighted by molar-refractivity contribution is 5.85. The van der Waals surface area contributed by atoms with Crippen LogP contribution in [0.5, 0.6) is 0 Å². The third-order valence-electron chi connectivity index (χ3n) is 3.68. The minimum atomic E-state index is -1.07. The second-order valence-electron chi connectivity index (χ2n) is 5.33. The van der Waals surface area contributed by atoms with Crippen molar-refractivity contribution >= 4 is 11.9 Å². The van der Waals surface area contributed by atoms with Gasteiger partial charge in [-0.25, -0.2) is 15.2 Å². The maximum atomic E-state index is 13.0. The summed E-state index contributed by atoms with van der Waals surface area (Å²) < 4.78 is 17.9. The van der Waals surface area contributed by atoms with Crippen molar-refractivity contribution < 1.29 is 23.8 Å². The number of nitrogens with one attached hydrogen (secondary N) is 2. The van der Waals surface area contributed by atoms with Crippen molar-refractivity contribution in [2.24, 2.45) is 0 Å². The van der Waals surface area contributed by atoms with Gasteiger partial charge in [0.2, 0.25) is 5.91 Å². The molecular formula is C15H20FN3O4. The summed E-state index contributed by atoms with van der Waals surface area (Å²) in [4.78, 5) is 24.6. The first-order chi connectivity index (χ1) is 11.0. The van der Waals surface area contributed by atoms with Crippen LogP contribution in [0.2, 0.25) is 0 Å². The van der Waals surface area contributed by atoms with E-state index in [-0.39, 0.29) is 37.5 Å².